The molecule has 0 aromatic heterocycles. The Labute approximate surface area is 38.2 Å². The van der Waals surface area contributed by atoms with Gasteiger partial charge in [-0.25, -0.2) is 0 Å². The standard InChI is InChI=1S/C4H10NO/c1-4(2,3)6-5/h5H,1-3H3/q-1. The fourth-order valence-corrected chi connectivity index (χ4v) is 0. The minimum absolute atomic E-state index is 0.292. The number of nitrogens with one attached hydrogen (secondary N) is 1. The Morgan fingerprint density at radius 1 is 1.33 bits per heavy atom. The summed E-state index contributed by atoms with van der Waals surface area (Å²) >= 11 is 0. The molecule has 6 heavy (non-hydrogen) atoms. The summed E-state index contributed by atoms with van der Waals surface area (Å²) in [5, 5.41) is 0. The molecule has 0 amide bonds. The molecule has 1 N–H and O–H groups in total. The van der Waals surface area contributed by atoms with Crippen molar-refractivity contribution in [2.45, 2.75) is 26.4 Å². The van der Waals surface area contributed by atoms with Gasteiger partial charge in [0.25, 0.3) is 0 Å². The molecule has 2 heteroatoms. The van der Waals surface area contributed by atoms with Gasteiger partial charge in [-0.2, -0.15) is 0 Å². The normalized spacial score (nSPS) is 12.0. The quantitative estimate of drug-likeness (QED) is 0.415. The van der Waals surface area contributed by atoms with Gasteiger partial charge in [-0.15, -0.1) is 0 Å². The van der Waals surface area contributed by atoms with Crippen molar-refractivity contribution in [1.82, 2.24) is 0 Å². The van der Waals surface area contributed by atoms with Crippen LogP contribution in [0.3, 0.4) is 0 Å². The summed E-state index contributed by atoms with van der Waals surface area (Å²) in [6, 6.07) is 0. The molecule has 0 fully saturated rings. The lowest BCUT2D eigenvalue weighted by Gasteiger charge is -2.22. The zero-order valence-electron chi connectivity index (χ0n) is 4.41. The first kappa shape index (κ1) is 5.92. The molecule has 0 aromatic carbocycles. The molecular formula is C4H10NO-. The van der Waals surface area contributed by atoms with E-state index in [9.17, 15) is 0 Å². The lowest BCUT2D eigenvalue weighted by molar-refractivity contribution is 0.0770. The monoisotopic (exact) mass is 88.1 g/mol. The van der Waals surface area contributed by atoms with Crippen LogP contribution in [0.5, 0.6) is 0 Å². The third-order valence-corrected chi connectivity index (χ3v) is 0.306. The van der Waals surface area contributed by atoms with E-state index in [1.165, 1.54) is 0 Å². The van der Waals surface area contributed by atoms with Crippen molar-refractivity contribution < 1.29 is 4.84 Å². The highest BCUT2D eigenvalue weighted by Gasteiger charge is 2.00. The van der Waals surface area contributed by atoms with Crippen LogP contribution >= 0.6 is 0 Å². The van der Waals surface area contributed by atoms with Gasteiger partial charge in [0, 0.05) is 5.60 Å². The van der Waals surface area contributed by atoms with Crippen LogP contribution in [0.1, 0.15) is 20.8 Å². The van der Waals surface area contributed by atoms with Crippen molar-refractivity contribution in [3.8, 4) is 0 Å². The summed E-state index contributed by atoms with van der Waals surface area (Å²) in [4.78, 5) is 4.19. The van der Waals surface area contributed by atoms with E-state index < -0.39 is 0 Å². The van der Waals surface area contributed by atoms with Crippen LogP contribution in [-0.4, -0.2) is 5.60 Å². The molecular weight excluding hydrogens is 78.0 g/mol. The van der Waals surface area contributed by atoms with Crippen molar-refractivity contribution in [2.75, 3.05) is 0 Å². The van der Waals surface area contributed by atoms with Gasteiger partial charge in [-0.05, 0) is 20.8 Å². The highest BCUT2D eigenvalue weighted by Crippen LogP contribution is 2.04. The average molecular weight is 88.1 g/mol. The Bertz CT molecular complexity index is 37.3. The molecule has 0 bridgehead atoms. The molecule has 0 aliphatic rings. The second-order valence-electron chi connectivity index (χ2n) is 2.21. The first-order valence-corrected chi connectivity index (χ1v) is 1.91. The first-order chi connectivity index (χ1) is 2.56. The van der Waals surface area contributed by atoms with Crippen molar-refractivity contribution in [3.63, 3.8) is 0 Å². The van der Waals surface area contributed by atoms with E-state index in [2.05, 4.69) is 4.84 Å². The molecule has 0 saturated carbocycles. The van der Waals surface area contributed by atoms with Crippen LogP contribution in [0, 0.1) is 0 Å². The largest absolute Gasteiger partial charge is 0.549 e. The van der Waals surface area contributed by atoms with Crippen molar-refractivity contribution in [2.24, 2.45) is 0 Å². The molecule has 0 atom stereocenters. The maximum Gasteiger partial charge on any atom is 0.0388 e. The van der Waals surface area contributed by atoms with E-state index in [0.717, 1.165) is 0 Å². The highest BCUT2D eigenvalue weighted by molar-refractivity contribution is 4.57. The predicted octanol–water partition coefficient (Wildman–Crippen LogP) is 1.77. The molecule has 2 nitrogen and oxygen atoms in total. The average Bonchev–Trinajstić information content (AvgIpc) is 1.35. The van der Waals surface area contributed by atoms with Crippen molar-refractivity contribution >= 4 is 0 Å². The van der Waals surface area contributed by atoms with Crippen LogP contribution in [0.4, 0.5) is 0 Å². The fraction of sp³-hybridized carbons (Fsp3) is 1.00. The maximum absolute atomic E-state index is 6.35. The molecule has 0 rings (SSSR count). The van der Waals surface area contributed by atoms with Crippen LogP contribution in [0.15, 0.2) is 0 Å². The SMILES string of the molecule is CC(C)(C)O[NH-]. The molecule has 0 aromatic rings. The summed E-state index contributed by atoms with van der Waals surface area (Å²) in [7, 11) is 0. The molecule has 0 spiro atoms. The predicted molar refractivity (Wildman–Crippen MR) is 25.2 cm³/mol. The van der Waals surface area contributed by atoms with Crippen molar-refractivity contribution in [1.29, 1.82) is 0 Å². The van der Waals surface area contributed by atoms with E-state index in [4.69, 9.17) is 5.90 Å². The second-order valence-corrected chi connectivity index (χ2v) is 2.21. The van der Waals surface area contributed by atoms with Gasteiger partial charge in [-0.3, -0.25) is 0 Å². The summed E-state index contributed by atoms with van der Waals surface area (Å²) in [6.45, 7) is 5.50. The lowest BCUT2D eigenvalue weighted by Crippen LogP contribution is -2.13. The number of hydrogen-bond donors (Lipinski definition) is 0. The van der Waals surface area contributed by atoms with Crippen LogP contribution in [0.2, 0.25) is 0 Å². The summed E-state index contributed by atoms with van der Waals surface area (Å²) in [6.07, 6.45) is 0. The van der Waals surface area contributed by atoms with Gasteiger partial charge in [0.05, 0.1) is 0 Å². The lowest BCUT2D eigenvalue weighted by atomic mass is 10.2. The minimum Gasteiger partial charge on any atom is -0.549 e. The smallest absolute Gasteiger partial charge is 0.0388 e. The zero-order chi connectivity index (χ0) is 5.21. The molecule has 0 heterocycles. The van der Waals surface area contributed by atoms with Gasteiger partial charge in [0.2, 0.25) is 0 Å². The Balaban J connectivity index is 3.17. The van der Waals surface area contributed by atoms with E-state index in [0.29, 0.717) is 0 Å². The van der Waals surface area contributed by atoms with Gasteiger partial charge < -0.3 is 10.7 Å². The van der Waals surface area contributed by atoms with Gasteiger partial charge in [0.1, 0.15) is 0 Å². The van der Waals surface area contributed by atoms with E-state index >= 15 is 0 Å². The van der Waals surface area contributed by atoms with Gasteiger partial charge >= 0.3 is 0 Å². The molecule has 0 saturated heterocycles. The summed E-state index contributed by atoms with van der Waals surface area (Å²) in [5.41, 5.74) is -0.292. The maximum atomic E-state index is 6.35. The molecule has 0 unspecified atom stereocenters. The molecule has 0 radical (unpaired) electrons. The van der Waals surface area contributed by atoms with Gasteiger partial charge in [-0.1, -0.05) is 0 Å². The second kappa shape index (κ2) is 1.58. The summed E-state index contributed by atoms with van der Waals surface area (Å²) < 4.78 is 0. The molecule has 0 aliphatic carbocycles. The van der Waals surface area contributed by atoms with E-state index in [1.54, 1.807) is 0 Å². The van der Waals surface area contributed by atoms with Crippen molar-refractivity contribution in [3.05, 3.63) is 5.90 Å². The molecule has 0 aliphatic heterocycles. The third kappa shape index (κ3) is 3.92. The minimum atomic E-state index is -0.292. The topological polar surface area (TPSA) is 33.0 Å². The van der Waals surface area contributed by atoms with Crippen LogP contribution in [0.25, 0.3) is 5.90 Å². The Kier molecular flexibility index (Phi) is 1.56. The van der Waals surface area contributed by atoms with E-state index in [1.807, 2.05) is 20.8 Å². The molecule has 38 valence electrons. The Morgan fingerprint density at radius 3 is 1.50 bits per heavy atom. The number of rotatable bonds is 0. The first-order valence-electron chi connectivity index (χ1n) is 1.91. The Morgan fingerprint density at radius 2 is 1.50 bits per heavy atom. The fourth-order valence-electron chi connectivity index (χ4n) is 0. The van der Waals surface area contributed by atoms with Gasteiger partial charge in [0.15, 0.2) is 0 Å². The van der Waals surface area contributed by atoms with Crippen LogP contribution < -0.4 is 0 Å². The Hall–Kier alpha value is -0.0800. The number of hydrogen-bond acceptors (Lipinski definition) is 1. The third-order valence-electron chi connectivity index (χ3n) is 0.306. The van der Waals surface area contributed by atoms with Crippen LogP contribution in [-0.2, 0) is 4.84 Å². The summed E-state index contributed by atoms with van der Waals surface area (Å²) in [5.74, 6) is 6.35. The van der Waals surface area contributed by atoms with E-state index in [-0.39, 0.29) is 5.60 Å². The highest BCUT2D eigenvalue weighted by atomic mass is 16.6. The zero-order valence-corrected chi connectivity index (χ0v) is 4.41.